The highest BCUT2D eigenvalue weighted by atomic mass is 32.1. The van der Waals surface area contributed by atoms with Crippen molar-refractivity contribution in [2.45, 2.75) is 53.1 Å². The fourth-order valence-corrected chi connectivity index (χ4v) is 2.51. The SMILES string of the molecule is CCC(C)C(C)NC(=O)c1sc(NC(C)C)nc1N. The number of nitrogens with one attached hydrogen (secondary N) is 2. The summed E-state index contributed by atoms with van der Waals surface area (Å²) in [6, 6.07) is 0.390. The van der Waals surface area contributed by atoms with Crippen LogP contribution in [0.1, 0.15) is 50.7 Å². The molecule has 5 nitrogen and oxygen atoms in total. The minimum Gasteiger partial charge on any atom is -0.382 e. The fourth-order valence-electron chi connectivity index (χ4n) is 1.57. The van der Waals surface area contributed by atoms with Gasteiger partial charge in [-0.05, 0) is 26.7 Å². The summed E-state index contributed by atoms with van der Waals surface area (Å²) >= 11 is 1.30. The van der Waals surface area contributed by atoms with Crippen molar-refractivity contribution in [1.82, 2.24) is 10.3 Å². The number of thiazole rings is 1. The Morgan fingerprint density at radius 3 is 2.53 bits per heavy atom. The fraction of sp³-hybridized carbons (Fsp3) is 0.692. The first-order chi connectivity index (χ1) is 8.85. The van der Waals surface area contributed by atoms with Gasteiger partial charge < -0.3 is 16.4 Å². The minimum absolute atomic E-state index is 0.125. The van der Waals surface area contributed by atoms with Gasteiger partial charge in [0.25, 0.3) is 5.91 Å². The number of amides is 1. The van der Waals surface area contributed by atoms with Gasteiger partial charge in [-0.2, -0.15) is 0 Å². The van der Waals surface area contributed by atoms with Gasteiger partial charge in [-0.25, -0.2) is 4.98 Å². The highest BCUT2D eigenvalue weighted by Gasteiger charge is 2.20. The highest BCUT2D eigenvalue weighted by molar-refractivity contribution is 7.18. The van der Waals surface area contributed by atoms with E-state index < -0.39 is 0 Å². The van der Waals surface area contributed by atoms with Gasteiger partial charge >= 0.3 is 0 Å². The van der Waals surface area contributed by atoms with Crippen LogP contribution in [-0.2, 0) is 0 Å². The van der Waals surface area contributed by atoms with Crippen molar-refractivity contribution in [3.05, 3.63) is 4.88 Å². The average Bonchev–Trinajstić information content (AvgIpc) is 2.67. The summed E-state index contributed by atoms with van der Waals surface area (Å²) in [4.78, 5) is 16.8. The second-order valence-corrected chi connectivity index (χ2v) is 6.18. The Morgan fingerprint density at radius 2 is 2.00 bits per heavy atom. The zero-order chi connectivity index (χ0) is 14.6. The molecule has 0 fully saturated rings. The van der Waals surface area contributed by atoms with E-state index in [1.54, 1.807) is 0 Å². The van der Waals surface area contributed by atoms with E-state index in [0.717, 1.165) is 6.42 Å². The molecule has 0 saturated heterocycles. The lowest BCUT2D eigenvalue weighted by Gasteiger charge is -2.19. The van der Waals surface area contributed by atoms with E-state index in [2.05, 4.69) is 29.5 Å². The molecule has 108 valence electrons. The molecule has 1 heterocycles. The van der Waals surface area contributed by atoms with Crippen LogP contribution < -0.4 is 16.4 Å². The molecule has 19 heavy (non-hydrogen) atoms. The van der Waals surface area contributed by atoms with E-state index >= 15 is 0 Å². The molecule has 2 atom stereocenters. The third-order valence-corrected chi connectivity index (χ3v) is 4.13. The average molecular weight is 284 g/mol. The maximum absolute atomic E-state index is 12.1. The molecule has 0 aliphatic heterocycles. The van der Waals surface area contributed by atoms with E-state index in [1.807, 2.05) is 20.8 Å². The van der Waals surface area contributed by atoms with Crippen molar-refractivity contribution in [2.24, 2.45) is 5.92 Å². The summed E-state index contributed by atoms with van der Waals surface area (Å²) in [5, 5.41) is 6.82. The molecule has 1 aromatic heterocycles. The number of anilines is 2. The van der Waals surface area contributed by atoms with Gasteiger partial charge in [0.15, 0.2) is 5.13 Å². The first kappa shape index (κ1) is 15.8. The van der Waals surface area contributed by atoms with Crippen molar-refractivity contribution in [2.75, 3.05) is 11.1 Å². The molecule has 0 spiro atoms. The third-order valence-electron chi connectivity index (χ3n) is 3.13. The van der Waals surface area contributed by atoms with Crippen molar-refractivity contribution in [1.29, 1.82) is 0 Å². The molecule has 0 bridgehead atoms. The first-order valence-electron chi connectivity index (χ1n) is 6.68. The lowest BCUT2D eigenvalue weighted by Crippen LogP contribution is -2.36. The molecular weight excluding hydrogens is 260 g/mol. The Kier molecular flexibility index (Phi) is 5.60. The normalized spacial score (nSPS) is 14.2. The van der Waals surface area contributed by atoms with Crippen LogP contribution in [0.3, 0.4) is 0 Å². The Bertz CT molecular complexity index is 430. The van der Waals surface area contributed by atoms with Gasteiger partial charge in [0, 0.05) is 12.1 Å². The topological polar surface area (TPSA) is 80.0 Å². The van der Waals surface area contributed by atoms with E-state index in [0.29, 0.717) is 21.7 Å². The second kappa shape index (κ2) is 6.75. The van der Waals surface area contributed by atoms with Crippen LogP contribution in [0.2, 0.25) is 0 Å². The Hall–Kier alpha value is -1.30. The molecule has 0 radical (unpaired) electrons. The zero-order valence-electron chi connectivity index (χ0n) is 12.3. The van der Waals surface area contributed by atoms with Crippen molar-refractivity contribution >= 4 is 28.2 Å². The van der Waals surface area contributed by atoms with Gasteiger partial charge in [0.1, 0.15) is 10.7 Å². The second-order valence-electron chi connectivity index (χ2n) is 5.18. The quantitative estimate of drug-likeness (QED) is 0.750. The molecule has 6 heteroatoms. The number of nitrogens with two attached hydrogens (primary N) is 1. The summed E-state index contributed by atoms with van der Waals surface area (Å²) in [7, 11) is 0. The smallest absolute Gasteiger partial charge is 0.265 e. The molecule has 0 saturated carbocycles. The van der Waals surface area contributed by atoms with Gasteiger partial charge in [-0.1, -0.05) is 31.6 Å². The first-order valence-corrected chi connectivity index (χ1v) is 7.50. The van der Waals surface area contributed by atoms with Gasteiger partial charge in [0.05, 0.1) is 0 Å². The van der Waals surface area contributed by atoms with Crippen LogP contribution >= 0.6 is 11.3 Å². The Balaban J connectivity index is 2.74. The number of nitrogen functional groups attached to an aromatic ring is 1. The summed E-state index contributed by atoms with van der Waals surface area (Å²) < 4.78 is 0. The highest BCUT2D eigenvalue weighted by Crippen LogP contribution is 2.25. The van der Waals surface area contributed by atoms with Crippen molar-refractivity contribution in [3.8, 4) is 0 Å². The van der Waals surface area contributed by atoms with Crippen LogP contribution in [-0.4, -0.2) is 23.0 Å². The molecule has 0 aliphatic carbocycles. The van der Waals surface area contributed by atoms with E-state index in [4.69, 9.17) is 5.73 Å². The number of carbonyl (C=O) groups excluding carboxylic acids is 1. The monoisotopic (exact) mass is 284 g/mol. The summed E-state index contributed by atoms with van der Waals surface area (Å²) in [6.07, 6.45) is 1.03. The minimum atomic E-state index is -0.139. The Morgan fingerprint density at radius 1 is 1.37 bits per heavy atom. The summed E-state index contributed by atoms with van der Waals surface area (Å²) in [5.41, 5.74) is 5.80. The van der Waals surface area contributed by atoms with E-state index in [-0.39, 0.29) is 18.0 Å². The number of aromatic nitrogens is 1. The standard InChI is InChI=1S/C13H24N4OS/c1-6-8(4)9(5)16-12(18)10-11(14)17-13(19-10)15-7(2)3/h7-9H,6,14H2,1-5H3,(H,15,17)(H,16,18). The maximum atomic E-state index is 12.1. The van der Waals surface area contributed by atoms with Crippen LogP contribution in [0.5, 0.6) is 0 Å². The van der Waals surface area contributed by atoms with Crippen LogP contribution in [0.4, 0.5) is 10.9 Å². The largest absolute Gasteiger partial charge is 0.382 e. The molecule has 1 amide bonds. The predicted octanol–water partition coefficient (Wildman–Crippen LogP) is 2.71. The molecule has 4 N–H and O–H groups in total. The molecule has 0 aliphatic rings. The summed E-state index contributed by atoms with van der Waals surface area (Å²) in [5.74, 6) is 0.591. The van der Waals surface area contributed by atoms with Crippen LogP contribution in [0.15, 0.2) is 0 Å². The molecular formula is C13H24N4OS. The van der Waals surface area contributed by atoms with E-state index in [1.165, 1.54) is 11.3 Å². The zero-order valence-corrected chi connectivity index (χ0v) is 13.1. The summed E-state index contributed by atoms with van der Waals surface area (Å²) in [6.45, 7) is 10.3. The van der Waals surface area contributed by atoms with Crippen LogP contribution in [0, 0.1) is 5.92 Å². The number of hydrogen-bond acceptors (Lipinski definition) is 5. The van der Waals surface area contributed by atoms with Gasteiger partial charge in [-0.3, -0.25) is 4.79 Å². The van der Waals surface area contributed by atoms with Gasteiger partial charge in [0.2, 0.25) is 0 Å². The van der Waals surface area contributed by atoms with Crippen molar-refractivity contribution < 1.29 is 4.79 Å². The molecule has 0 aromatic carbocycles. The number of nitrogens with zero attached hydrogens (tertiary/aromatic N) is 1. The number of carbonyl (C=O) groups is 1. The lowest BCUT2D eigenvalue weighted by atomic mass is 10.0. The van der Waals surface area contributed by atoms with E-state index in [9.17, 15) is 4.79 Å². The third kappa shape index (κ3) is 4.38. The molecule has 1 aromatic rings. The van der Waals surface area contributed by atoms with Gasteiger partial charge in [-0.15, -0.1) is 0 Å². The number of hydrogen-bond donors (Lipinski definition) is 3. The maximum Gasteiger partial charge on any atom is 0.265 e. The lowest BCUT2D eigenvalue weighted by molar-refractivity contribution is 0.0933. The Labute approximate surface area is 119 Å². The van der Waals surface area contributed by atoms with Crippen molar-refractivity contribution in [3.63, 3.8) is 0 Å². The molecule has 1 rings (SSSR count). The predicted molar refractivity (Wildman–Crippen MR) is 81.7 cm³/mol. The number of rotatable bonds is 6. The van der Waals surface area contributed by atoms with Crippen LogP contribution in [0.25, 0.3) is 0 Å². The molecule has 2 unspecified atom stereocenters.